The maximum Gasteiger partial charge on any atom is 0.320 e. The number of carbonyl (C=O) groups is 1. The van der Waals surface area contributed by atoms with Crippen LogP contribution in [0.5, 0.6) is 5.75 Å². The van der Waals surface area contributed by atoms with E-state index in [0.717, 1.165) is 41.0 Å². The summed E-state index contributed by atoms with van der Waals surface area (Å²) in [5.41, 5.74) is 2.11. The second-order valence-corrected chi connectivity index (χ2v) is 6.30. The minimum Gasteiger partial charge on any atom is -0.496 e. The molecule has 1 aliphatic carbocycles. The SMILES string of the molecule is COc1c(C)cc(SC2(C(=O)O)CCC2)cc1C. The van der Waals surface area contributed by atoms with Crippen LogP contribution in [0, 0.1) is 13.8 Å². The zero-order valence-corrected chi connectivity index (χ0v) is 11.8. The third kappa shape index (κ3) is 2.21. The lowest BCUT2D eigenvalue weighted by molar-refractivity contribution is -0.142. The van der Waals surface area contributed by atoms with Crippen LogP contribution >= 0.6 is 11.8 Å². The second kappa shape index (κ2) is 4.84. The molecule has 0 aliphatic heterocycles. The van der Waals surface area contributed by atoms with Crippen molar-refractivity contribution in [3.8, 4) is 5.75 Å². The Labute approximate surface area is 112 Å². The Hall–Kier alpha value is -1.16. The topological polar surface area (TPSA) is 46.5 Å². The zero-order valence-electron chi connectivity index (χ0n) is 10.9. The minimum atomic E-state index is -0.690. The number of methoxy groups -OCH3 is 1. The summed E-state index contributed by atoms with van der Waals surface area (Å²) in [6.45, 7) is 3.98. The quantitative estimate of drug-likeness (QED) is 0.907. The molecule has 0 heterocycles. The van der Waals surface area contributed by atoms with E-state index in [1.807, 2.05) is 26.0 Å². The molecule has 0 spiro atoms. The van der Waals surface area contributed by atoms with E-state index in [0.29, 0.717) is 0 Å². The minimum absolute atomic E-state index is 0.604. The molecule has 3 nitrogen and oxygen atoms in total. The molecule has 2 rings (SSSR count). The van der Waals surface area contributed by atoms with Crippen molar-refractivity contribution in [1.29, 1.82) is 0 Å². The van der Waals surface area contributed by atoms with E-state index in [1.54, 1.807) is 7.11 Å². The molecule has 98 valence electrons. The summed E-state index contributed by atoms with van der Waals surface area (Å²) in [6.07, 6.45) is 2.53. The molecule has 1 fully saturated rings. The van der Waals surface area contributed by atoms with Gasteiger partial charge in [-0.15, -0.1) is 11.8 Å². The van der Waals surface area contributed by atoms with Crippen molar-refractivity contribution in [2.45, 2.75) is 42.8 Å². The Balaban J connectivity index is 2.27. The molecule has 18 heavy (non-hydrogen) atoms. The fourth-order valence-corrected chi connectivity index (χ4v) is 3.88. The molecule has 1 saturated carbocycles. The first-order valence-corrected chi connectivity index (χ1v) is 6.88. The lowest BCUT2D eigenvalue weighted by Gasteiger charge is -2.37. The summed E-state index contributed by atoms with van der Waals surface area (Å²) in [5, 5.41) is 9.34. The highest BCUT2D eigenvalue weighted by atomic mass is 32.2. The lowest BCUT2D eigenvalue weighted by Crippen LogP contribution is -2.41. The molecule has 1 aliphatic rings. The number of hydrogen-bond acceptors (Lipinski definition) is 3. The molecule has 1 N–H and O–H groups in total. The van der Waals surface area contributed by atoms with E-state index in [2.05, 4.69) is 0 Å². The van der Waals surface area contributed by atoms with Gasteiger partial charge in [0.1, 0.15) is 10.5 Å². The van der Waals surface area contributed by atoms with E-state index < -0.39 is 10.7 Å². The first kappa shape index (κ1) is 13.3. The third-order valence-electron chi connectivity index (χ3n) is 3.50. The van der Waals surface area contributed by atoms with Crippen LogP contribution in [0.25, 0.3) is 0 Å². The second-order valence-electron chi connectivity index (χ2n) is 4.85. The van der Waals surface area contributed by atoms with E-state index in [-0.39, 0.29) is 0 Å². The number of thioether (sulfide) groups is 1. The van der Waals surface area contributed by atoms with Crippen LogP contribution in [-0.2, 0) is 4.79 Å². The monoisotopic (exact) mass is 266 g/mol. The smallest absolute Gasteiger partial charge is 0.320 e. The largest absolute Gasteiger partial charge is 0.496 e. The highest BCUT2D eigenvalue weighted by Gasteiger charge is 2.45. The highest BCUT2D eigenvalue weighted by Crippen LogP contribution is 2.48. The number of rotatable bonds is 4. The van der Waals surface area contributed by atoms with Crippen molar-refractivity contribution in [2.75, 3.05) is 7.11 Å². The first-order chi connectivity index (χ1) is 8.48. The van der Waals surface area contributed by atoms with Gasteiger partial charge in [-0.2, -0.15) is 0 Å². The molecule has 0 bridgehead atoms. The molecule has 0 atom stereocenters. The Kier molecular flexibility index (Phi) is 3.57. The third-order valence-corrected chi connectivity index (χ3v) is 4.95. The van der Waals surface area contributed by atoms with Crippen molar-refractivity contribution in [2.24, 2.45) is 0 Å². The summed E-state index contributed by atoms with van der Waals surface area (Å²) >= 11 is 1.48. The van der Waals surface area contributed by atoms with Crippen molar-refractivity contribution in [1.82, 2.24) is 0 Å². The van der Waals surface area contributed by atoms with Crippen molar-refractivity contribution >= 4 is 17.7 Å². The summed E-state index contributed by atoms with van der Waals surface area (Å²) < 4.78 is 4.72. The van der Waals surface area contributed by atoms with E-state index >= 15 is 0 Å². The van der Waals surface area contributed by atoms with Gasteiger partial charge in [0.2, 0.25) is 0 Å². The molecular formula is C14H18O3S. The van der Waals surface area contributed by atoms with Crippen molar-refractivity contribution in [3.63, 3.8) is 0 Å². The fraction of sp³-hybridized carbons (Fsp3) is 0.500. The molecule has 0 aromatic heterocycles. The first-order valence-electron chi connectivity index (χ1n) is 6.06. The van der Waals surface area contributed by atoms with Gasteiger partial charge in [-0.1, -0.05) is 0 Å². The van der Waals surface area contributed by atoms with E-state index in [9.17, 15) is 9.90 Å². The molecule has 4 heteroatoms. The van der Waals surface area contributed by atoms with Gasteiger partial charge >= 0.3 is 5.97 Å². The van der Waals surface area contributed by atoms with Gasteiger partial charge in [-0.25, -0.2) is 0 Å². The van der Waals surface area contributed by atoms with Gasteiger partial charge in [-0.05, 0) is 56.4 Å². The van der Waals surface area contributed by atoms with Gasteiger partial charge in [0.25, 0.3) is 0 Å². The zero-order chi connectivity index (χ0) is 13.3. The number of benzene rings is 1. The predicted octanol–water partition coefficient (Wildman–Crippen LogP) is 3.41. The Bertz CT molecular complexity index is 455. The highest BCUT2D eigenvalue weighted by molar-refractivity contribution is 8.01. The molecule has 1 aromatic carbocycles. The molecule has 0 saturated heterocycles. The van der Waals surface area contributed by atoms with Crippen LogP contribution in [0.3, 0.4) is 0 Å². The summed E-state index contributed by atoms with van der Waals surface area (Å²) in [6, 6.07) is 4.03. The van der Waals surface area contributed by atoms with Crippen LogP contribution in [0.2, 0.25) is 0 Å². The molecule has 0 radical (unpaired) electrons. The number of ether oxygens (including phenoxy) is 1. The van der Waals surface area contributed by atoms with Crippen molar-refractivity contribution < 1.29 is 14.6 Å². The van der Waals surface area contributed by atoms with Crippen molar-refractivity contribution in [3.05, 3.63) is 23.3 Å². The number of carboxylic acids is 1. The predicted molar refractivity (Wildman–Crippen MR) is 72.5 cm³/mol. The van der Waals surface area contributed by atoms with Gasteiger partial charge < -0.3 is 9.84 Å². The molecule has 0 amide bonds. The van der Waals surface area contributed by atoms with Gasteiger partial charge in [0.15, 0.2) is 0 Å². The normalized spacial score (nSPS) is 17.1. The Morgan fingerprint density at radius 3 is 2.22 bits per heavy atom. The Morgan fingerprint density at radius 1 is 1.33 bits per heavy atom. The average molecular weight is 266 g/mol. The van der Waals surface area contributed by atoms with Crippen LogP contribution in [-0.4, -0.2) is 22.9 Å². The number of aryl methyl sites for hydroxylation is 2. The number of aliphatic carboxylic acids is 1. The van der Waals surface area contributed by atoms with E-state index in [4.69, 9.17) is 4.74 Å². The van der Waals surface area contributed by atoms with Gasteiger partial charge in [0, 0.05) is 4.90 Å². The van der Waals surface area contributed by atoms with Crippen LogP contribution < -0.4 is 4.74 Å². The average Bonchev–Trinajstić information content (AvgIpc) is 2.22. The van der Waals surface area contributed by atoms with Crippen LogP contribution in [0.4, 0.5) is 0 Å². The number of hydrogen-bond donors (Lipinski definition) is 1. The summed E-state index contributed by atoms with van der Waals surface area (Å²) in [4.78, 5) is 12.4. The lowest BCUT2D eigenvalue weighted by atomic mass is 9.84. The van der Waals surface area contributed by atoms with Crippen LogP contribution in [0.15, 0.2) is 17.0 Å². The molecule has 0 unspecified atom stereocenters. The van der Waals surface area contributed by atoms with Gasteiger partial charge in [0.05, 0.1) is 7.11 Å². The maximum absolute atomic E-state index is 11.4. The maximum atomic E-state index is 11.4. The van der Waals surface area contributed by atoms with Gasteiger partial charge in [-0.3, -0.25) is 4.79 Å². The molecular weight excluding hydrogens is 248 g/mol. The Morgan fingerprint density at radius 2 is 1.89 bits per heavy atom. The number of carboxylic acid groups (broad SMARTS) is 1. The standard InChI is InChI=1S/C14H18O3S/c1-9-7-11(8-10(2)12(9)17-3)18-14(13(15)16)5-4-6-14/h7-8H,4-6H2,1-3H3,(H,15,16). The van der Waals surface area contributed by atoms with E-state index in [1.165, 1.54) is 11.8 Å². The summed E-state index contributed by atoms with van der Waals surface area (Å²) in [7, 11) is 1.66. The fourth-order valence-electron chi connectivity index (χ4n) is 2.37. The van der Waals surface area contributed by atoms with Crippen LogP contribution in [0.1, 0.15) is 30.4 Å². The summed E-state index contributed by atoms with van der Waals surface area (Å²) in [5.74, 6) is 0.196. The molecule has 1 aromatic rings.